The minimum absolute atomic E-state index is 0. The van der Waals surface area contributed by atoms with Gasteiger partial charge in [-0.1, -0.05) is 39.0 Å². The molecule has 4 rings (SSSR count). The topological polar surface area (TPSA) is 61.9 Å². The van der Waals surface area contributed by atoms with E-state index in [4.69, 9.17) is 4.74 Å². The van der Waals surface area contributed by atoms with Gasteiger partial charge in [0.25, 0.3) is 0 Å². The fraction of sp³-hybridized carbons (Fsp3) is 0.571. The number of nitrogens with zero attached hydrogens (tertiary/aromatic N) is 2. The van der Waals surface area contributed by atoms with E-state index in [0.29, 0.717) is 12.5 Å². The summed E-state index contributed by atoms with van der Waals surface area (Å²) in [5, 5.41) is 5.34. The molecule has 2 aliphatic rings. The molecule has 0 saturated carbocycles. The van der Waals surface area contributed by atoms with Crippen LogP contribution in [-0.2, 0) is 16.1 Å². The molecule has 1 atom stereocenters. The van der Waals surface area contributed by atoms with Gasteiger partial charge < -0.3 is 19.9 Å². The number of thiophene rings is 1. The van der Waals surface area contributed by atoms with E-state index in [9.17, 15) is 9.59 Å². The van der Waals surface area contributed by atoms with Gasteiger partial charge >= 0.3 is 0 Å². The molecule has 1 unspecified atom stereocenters. The van der Waals surface area contributed by atoms with Crippen LogP contribution >= 0.6 is 23.7 Å². The Kier molecular flexibility index (Phi) is 9.47. The van der Waals surface area contributed by atoms with Crippen molar-refractivity contribution in [3.05, 3.63) is 52.2 Å². The van der Waals surface area contributed by atoms with Gasteiger partial charge in [0, 0.05) is 29.9 Å². The van der Waals surface area contributed by atoms with Crippen LogP contribution in [0.25, 0.3) is 0 Å². The molecule has 36 heavy (non-hydrogen) atoms. The lowest BCUT2D eigenvalue weighted by molar-refractivity contribution is -0.139. The Morgan fingerprint density at radius 1 is 1.11 bits per heavy atom. The number of carbonyl (C=O) groups is 2. The van der Waals surface area contributed by atoms with Crippen molar-refractivity contribution in [3.63, 3.8) is 0 Å². The minimum atomic E-state index is -0.409. The molecule has 2 fully saturated rings. The van der Waals surface area contributed by atoms with Gasteiger partial charge in [-0.25, -0.2) is 0 Å². The van der Waals surface area contributed by atoms with Crippen molar-refractivity contribution >= 4 is 35.6 Å². The predicted octanol–water partition coefficient (Wildman–Crippen LogP) is 5.29. The van der Waals surface area contributed by atoms with Gasteiger partial charge in [0.2, 0.25) is 11.8 Å². The van der Waals surface area contributed by atoms with Crippen molar-refractivity contribution in [3.8, 4) is 5.75 Å². The minimum Gasteiger partial charge on any atom is -0.497 e. The standard InChI is InChI=1S/C28H39N3O3S.ClH/c1-27(2,3)25(32)29-23(24-6-5-19-35-24)11-15-30-16-12-28(13-17-30)14-18-31(26(28)33)20-21-7-9-22(34-4)10-8-21;/h5-10,19,23H,11-18,20H2,1-4H3,(H,29,32);1H. The molecular formula is C28H40ClN3O3S. The number of halogens is 1. The lowest BCUT2D eigenvalue weighted by atomic mass is 9.77. The van der Waals surface area contributed by atoms with Gasteiger partial charge in [-0.05, 0) is 67.9 Å². The number of nitrogens with one attached hydrogen (secondary N) is 1. The molecule has 1 N–H and O–H groups in total. The Balaban J connectivity index is 0.00000361. The first-order valence-corrected chi connectivity index (χ1v) is 13.6. The van der Waals surface area contributed by atoms with E-state index in [1.165, 1.54) is 4.88 Å². The number of likely N-dealkylation sites (tertiary alicyclic amines) is 2. The molecule has 1 spiro atoms. The third-order valence-corrected chi connectivity index (χ3v) is 8.54. The Hall–Kier alpha value is -2.09. The van der Waals surface area contributed by atoms with Crippen LogP contribution in [0.1, 0.15) is 62.9 Å². The summed E-state index contributed by atoms with van der Waals surface area (Å²) in [6.07, 6.45) is 3.67. The van der Waals surface area contributed by atoms with Crippen molar-refractivity contribution in [2.45, 2.75) is 59.0 Å². The van der Waals surface area contributed by atoms with Gasteiger partial charge in [-0.15, -0.1) is 23.7 Å². The van der Waals surface area contributed by atoms with E-state index >= 15 is 0 Å². The molecule has 3 heterocycles. The maximum atomic E-state index is 13.4. The Labute approximate surface area is 225 Å². The summed E-state index contributed by atoms with van der Waals surface area (Å²) in [5.41, 5.74) is 0.537. The number of piperidine rings is 1. The summed E-state index contributed by atoms with van der Waals surface area (Å²) < 4.78 is 5.24. The Bertz CT molecular complexity index is 996. The fourth-order valence-corrected chi connectivity index (χ4v) is 5.94. The van der Waals surface area contributed by atoms with E-state index in [2.05, 4.69) is 21.7 Å². The van der Waals surface area contributed by atoms with Crippen LogP contribution in [0.15, 0.2) is 41.8 Å². The monoisotopic (exact) mass is 533 g/mol. The third kappa shape index (κ3) is 6.61. The molecule has 198 valence electrons. The summed E-state index contributed by atoms with van der Waals surface area (Å²) >= 11 is 1.70. The SMILES string of the molecule is COc1ccc(CN2CCC3(CCN(CCC(NC(=O)C(C)(C)C)c4cccs4)CC3)C2=O)cc1.Cl. The molecule has 6 nitrogen and oxygen atoms in total. The summed E-state index contributed by atoms with van der Waals surface area (Å²) in [5.74, 6) is 1.24. The molecule has 1 aromatic carbocycles. The first-order chi connectivity index (χ1) is 16.7. The molecule has 2 saturated heterocycles. The van der Waals surface area contributed by atoms with E-state index in [1.54, 1.807) is 18.4 Å². The average Bonchev–Trinajstić information content (AvgIpc) is 3.48. The van der Waals surface area contributed by atoms with Crippen LogP contribution in [-0.4, -0.2) is 54.9 Å². The first kappa shape index (κ1) is 28.5. The third-order valence-electron chi connectivity index (χ3n) is 7.55. The Morgan fingerprint density at radius 2 is 1.78 bits per heavy atom. The van der Waals surface area contributed by atoms with Crippen LogP contribution in [0.2, 0.25) is 0 Å². The molecule has 2 aromatic rings. The zero-order valence-electron chi connectivity index (χ0n) is 21.9. The van der Waals surface area contributed by atoms with Gasteiger partial charge in [0.1, 0.15) is 5.75 Å². The zero-order valence-corrected chi connectivity index (χ0v) is 23.6. The number of amides is 2. The van der Waals surface area contributed by atoms with Crippen molar-refractivity contribution in [1.29, 1.82) is 0 Å². The highest BCUT2D eigenvalue weighted by Crippen LogP contribution is 2.42. The van der Waals surface area contributed by atoms with Crippen molar-refractivity contribution < 1.29 is 14.3 Å². The van der Waals surface area contributed by atoms with Gasteiger partial charge in [-0.2, -0.15) is 0 Å². The number of hydrogen-bond donors (Lipinski definition) is 1. The summed E-state index contributed by atoms with van der Waals surface area (Å²) in [7, 11) is 1.67. The second kappa shape index (κ2) is 12.0. The largest absolute Gasteiger partial charge is 0.497 e. The maximum absolute atomic E-state index is 13.4. The van der Waals surface area contributed by atoms with Crippen LogP contribution in [0.3, 0.4) is 0 Å². The smallest absolute Gasteiger partial charge is 0.229 e. The predicted molar refractivity (Wildman–Crippen MR) is 148 cm³/mol. The lowest BCUT2D eigenvalue weighted by Crippen LogP contribution is -2.45. The second-order valence-corrected chi connectivity index (χ2v) is 12.0. The van der Waals surface area contributed by atoms with Gasteiger partial charge in [-0.3, -0.25) is 9.59 Å². The van der Waals surface area contributed by atoms with E-state index < -0.39 is 5.41 Å². The second-order valence-electron chi connectivity index (χ2n) is 11.0. The maximum Gasteiger partial charge on any atom is 0.229 e. The highest BCUT2D eigenvalue weighted by atomic mass is 35.5. The van der Waals surface area contributed by atoms with Crippen molar-refractivity contribution in [1.82, 2.24) is 15.1 Å². The number of rotatable bonds is 8. The highest BCUT2D eigenvalue weighted by Gasteiger charge is 2.47. The average molecular weight is 534 g/mol. The van der Waals surface area contributed by atoms with Crippen molar-refractivity contribution in [2.24, 2.45) is 10.8 Å². The number of hydrogen-bond acceptors (Lipinski definition) is 5. The molecule has 0 bridgehead atoms. The van der Waals surface area contributed by atoms with Crippen molar-refractivity contribution in [2.75, 3.05) is 33.3 Å². The van der Waals surface area contributed by atoms with E-state index in [0.717, 1.165) is 63.2 Å². The molecule has 0 radical (unpaired) electrons. The normalized spacial score (nSPS) is 18.7. The number of carbonyl (C=O) groups excluding carboxylic acids is 2. The number of benzene rings is 1. The lowest BCUT2D eigenvalue weighted by Gasteiger charge is -2.38. The highest BCUT2D eigenvalue weighted by molar-refractivity contribution is 7.10. The fourth-order valence-electron chi connectivity index (χ4n) is 5.13. The zero-order chi connectivity index (χ0) is 25.1. The van der Waals surface area contributed by atoms with Gasteiger partial charge in [0.15, 0.2) is 0 Å². The number of methoxy groups -OCH3 is 1. The molecule has 1 aromatic heterocycles. The molecular weight excluding hydrogens is 494 g/mol. The molecule has 2 amide bonds. The molecule has 0 aliphatic carbocycles. The van der Waals surface area contributed by atoms with Crippen LogP contribution in [0, 0.1) is 10.8 Å². The van der Waals surface area contributed by atoms with Crippen LogP contribution in [0.4, 0.5) is 0 Å². The molecule has 8 heteroatoms. The summed E-state index contributed by atoms with van der Waals surface area (Å²) in [6.45, 7) is 10.2. The van der Waals surface area contributed by atoms with E-state index in [-0.39, 0.29) is 29.8 Å². The van der Waals surface area contributed by atoms with Crippen LogP contribution in [0.5, 0.6) is 5.75 Å². The van der Waals surface area contributed by atoms with E-state index in [1.807, 2.05) is 56.0 Å². The van der Waals surface area contributed by atoms with Crippen LogP contribution < -0.4 is 10.1 Å². The number of ether oxygens (including phenoxy) is 1. The Morgan fingerprint density at radius 3 is 2.36 bits per heavy atom. The quantitative estimate of drug-likeness (QED) is 0.501. The summed E-state index contributed by atoms with van der Waals surface area (Å²) in [6, 6.07) is 12.2. The summed E-state index contributed by atoms with van der Waals surface area (Å²) in [4.78, 5) is 31.7. The van der Waals surface area contributed by atoms with Gasteiger partial charge in [0.05, 0.1) is 18.6 Å². The molecule has 2 aliphatic heterocycles. The first-order valence-electron chi connectivity index (χ1n) is 12.7.